The summed E-state index contributed by atoms with van der Waals surface area (Å²) >= 11 is 0. The normalized spacial score (nSPS) is 16.9. The van der Waals surface area contributed by atoms with E-state index in [1.807, 2.05) is 53.4 Å². The smallest absolute Gasteiger partial charge is 0.253 e. The second kappa shape index (κ2) is 9.84. The Balaban J connectivity index is 1.30. The summed E-state index contributed by atoms with van der Waals surface area (Å²) in [6.45, 7) is 7.93. The molecule has 0 aliphatic carbocycles. The molecule has 35 heavy (non-hydrogen) atoms. The molecule has 0 radical (unpaired) electrons. The first-order chi connectivity index (χ1) is 17.1. The van der Waals surface area contributed by atoms with E-state index in [9.17, 15) is 9.59 Å². The van der Waals surface area contributed by atoms with Crippen molar-refractivity contribution < 1.29 is 9.59 Å². The van der Waals surface area contributed by atoms with Crippen molar-refractivity contribution in [1.82, 2.24) is 19.8 Å². The minimum absolute atomic E-state index is 0.0706. The first-order valence-electron chi connectivity index (χ1n) is 12.2. The molecule has 3 heterocycles. The number of nitrogens with zero attached hydrogens (tertiary/aromatic N) is 4. The third-order valence-corrected chi connectivity index (χ3v) is 6.84. The Labute approximate surface area is 205 Å². The highest BCUT2D eigenvalue weighted by Crippen LogP contribution is 2.33. The van der Waals surface area contributed by atoms with E-state index < -0.39 is 0 Å². The molecular weight excluding hydrogens is 440 g/mol. The Morgan fingerprint density at radius 1 is 1.14 bits per heavy atom. The van der Waals surface area contributed by atoms with Crippen LogP contribution in [0.5, 0.6) is 0 Å². The molecule has 1 saturated heterocycles. The van der Waals surface area contributed by atoms with Crippen LogP contribution in [0.15, 0.2) is 54.7 Å². The Bertz CT molecular complexity index is 1240. The van der Waals surface area contributed by atoms with Gasteiger partial charge in [-0.2, -0.15) is 0 Å². The average Bonchev–Trinajstić information content (AvgIpc) is 3.31. The fourth-order valence-corrected chi connectivity index (χ4v) is 4.97. The van der Waals surface area contributed by atoms with Gasteiger partial charge < -0.3 is 15.5 Å². The molecular formula is C27H30N6O2. The number of hydrogen-bond acceptors (Lipinski definition) is 6. The Morgan fingerprint density at radius 2 is 1.91 bits per heavy atom. The number of benzene rings is 2. The summed E-state index contributed by atoms with van der Waals surface area (Å²) in [6.07, 6.45) is 2.95. The SMILES string of the molecule is CCN(CC)C1CCN(C(=O)c2ccc(Nc3ncc4c(n3)-c3ccccc3NC(=O)C4)cc2)C1. The first kappa shape index (κ1) is 23.0. The standard InChI is InChI=1S/C27H30N6O2/c1-3-32(4-2)21-13-14-33(17-21)26(35)18-9-11-20(12-10-18)29-27-28-16-19-15-24(34)30-23-8-6-5-7-22(23)25(19)31-27/h5-12,16,21H,3-4,13-15,17H2,1-2H3,(H,30,34)(H,28,29,31). The summed E-state index contributed by atoms with van der Waals surface area (Å²) in [6, 6.07) is 15.5. The molecule has 2 aromatic carbocycles. The van der Waals surface area contributed by atoms with Crippen molar-refractivity contribution in [2.24, 2.45) is 0 Å². The number of para-hydroxylation sites is 1. The van der Waals surface area contributed by atoms with Gasteiger partial charge in [-0.1, -0.05) is 32.0 Å². The zero-order valence-electron chi connectivity index (χ0n) is 20.1. The van der Waals surface area contributed by atoms with Crippen molar-refractivity contribution in [3.05, 3.63) is 65.9 Å². The number of hydrogen-bond donors (Lipinski definition) is 2. The minimum atomic E-state index is -0.0813. The molecule has 0 bridgehead atoms. The topological polar surface area (TPSA) is 90.5 Å². The van der Waals surface area contributed by atoms with Gasteiger partial charge in [0.15, 0.2) is 0 Å². The van der Waals surface area contributed by atoms with Gasteiger partial charge in [0.1, 0.15) is 0 Å². The minimum Gasteiger partial charge on any atom is -0.337 e. The van der Waals surface area contributed by atoms with Crippen LogP contribution >= 0.6 is 0 Å². The number of anilines is 3. The second-order valence-corrected chi connectivity index (χ2v) is 8.96. The molecule has 1 atom stereocenters. The van der Waals surface area contributed by atoms with Gasteiger partial charge in [-0.3, -0.25) is 14.5 Å². The lowest BCUT2D eigenvalue weighted by Gasteiger charge is -2.26. The number of likely N-dealkylation sites (tertiary alicyclic amines) is 1. The molecule has 8 nitrogen and oxygen atoms in total. The molecule has 5 rings (SSSR count). The average molecular weight is 471 g/mol. The van der Waals surface area contributed by atoms with Crippen LogP contribution in [0.2, 0.25) is 0 Å². The van der Waals surface area contributed by atoms with Gasteiger partial charge in [0.2, 0.25) is 11.9 Å². The van der Waals surface area contributed by atoms with Crippen LogP contribution in [-0.2, 0) is 11.2 Å². The number of aromatic nitrogens is 2. The first-order valence-corrected chi connectivity index (χ1v) is 12.2. The summed E-state index contributed by atoms with van der Waals surface area (Å²) in [4.78, 5) is 38.8. The summed E-state index contributed by atoms with van der Waals surface area (Å²) < 4.78 is 0. The van der Waals surface area contributed by atoms with Gasteiger partial charge in [0.05, 0.1) is 17.8 Å². The molecule has 8 heteroatoms. The van der Waals surface area contributed by atoms with Crippen LogP contribution in [0, 0.1) is 0 Å². The molecule has 1 aromatic heterocycles. The van der Waals surface area contributed by atoms with Crippen LogP contribution in [0.1, 0.15) is 36.2 Å². The van der Waals surface area contributed by atoms with Crippen LogP contribution in [0.25, 0.3) is 11.3 Å². The predicted octanol–water partition coefficient (Wildman–Crippen LogP) is 3.94. The molecule has 3 aromatic rings. The van der Waals surface area contributed by atoms with E-state index in [2.05, 4.69) is 34.4 Å². The second-order valence-electron chi connectivity index (χ2n) is 8.96. The van der Waals surface area contributed by atoms with E-state index in [1.165, 1.54) is 0 Å². The summed E-state index contributed by atoms with van der Waals surface area (Å²) in [7, 11) is 0. The van der Waals surface area contributed by atoms with Crippen molar-refractivity contribution in [3.63, 3.8) is 0 Å². The molecule has 0 saturated carbocycles. The summed E-state index contributed by atoms with van der Waals surface area (Å²) in [5.41, 5.74) is 4.60. The Hall–Kier alpha value is -3.78. The molecule has 2 N–H and O–H groups in total. The highest BCUT2D eigenvalue weighted by molar-refractivity contribution is 6.00. The van der Waals surface area contributed by atoms with E-state index in [1.54, 1.807) is 6.20 Å². The maximum absolute atomic E-state index is 13.0. The van der Waals surface area contributed by atoms with E-state index in [0.29, 0.717) is 17.6 Å². The van der Waals surface area contributed by atoms with Gasteiger partial charge in [-0.15, -0.1) is 0 Å². The summed E-state index contributed by atoms with van der Waals surface area (Å²) in [5.74, 6) is 0.428. The van der Waals surface area contributed by atoms with Crippen molar-refractivity contribution in [1.29, 1.82) is 0 Å². The molecule has 0 spiro atoms. The largest absolute Gasteiger partial charge is 0.337 e. The number of fused-ring (bicyclic) bond motifs is 3. The molecule has 180 valence electrons. The maximum atomic E-state index is 13.0. The van der Waals surface area contributed by atoms with Crippen molar-refractivity contribution >= 4 is 29.1 Å². The van der Waals surface area contributed by atoms with Gasteiger partial charge in [-0.25, -0.2) is 9.97 Å². The van der Waals surface area contributed by atoms with Gasteiger partial charge in [-0.05, 0) is 49.8 Å². The highest BCUT2D eigenvalue weighted by atomic mass is 16.2. The number of nitrogens with one attached hydrogen (secondary N) is 2. The number of amides is 2. The van der Waals surface area contributed by atoms with Gasteiger partial charge >= 0.3 is 0 Å². The number of carbonyl (C=O) groups is 2. The lowest BCUT2D eigenvalue weighted by atomic mass is 10.1. The molecule has 1 unspecified atom stereocenters. The Kier molecular flexibility index (Phi) is 6.46. The van der Waals surface area contributed by atoms with E-state index >= 15 is 0 Å². The predicted molar refractivity (Wildman–Crippen MR) is 137 cm³/mol. The fourth-order valence-electron chi connectivity index (χ4n) is 4.97. The Morgan fingerprint density at radius 3 is 2.69 bits per heavy atom. The molecule has 2 amide bonds. The third-order valence-electron chi connectivity index (χ3n) is 6.84. The van der Waals surface area contributed by atoms with Gasteiger partial charge in [0.25, 0.3) is 5.91 Å². The number of rotatable bonds is 6. The van der Waals surface area contributed by atoms with E-state index in [4.69, 9.17) is 4.98 Å². The zero-order chi connectivity index (χ0) is 24.4. The van der Waals surface area contributed by atoms with Crippen molar-refractivity contribution in [2.75, 3.05) is 36.8 Å². The lowest BCUT2D eigenvalue weighted by molar-refractivity contribution is -0.115. The number of carbonyl (C=O) groups excluding carboxylic acids is 2. The fraction of sp³-hybridized carbons (Fsp3) is 0.333. The summed E-state index contributed by atoms with van der Waals surface area (Å²) in [5, 5.41) is 6.16. The van der Waals surface area contributed by atoms with Crippen molar-refractivity contribution in [2.45, 2.75) is 32.7 Å². The zero-order valence-corrected chi connectivity index (χ0v) is 20.1. The third kappa shape index (κ3) is 4.74. The quantitative estimate of drug-likeness (QED) is 0.567. The van der Waals surface area contributed by atoms with E-state index in [0.717, 1.165) is 60.8 Å². The van der Waals surface area contributed by atoms with Gasteiger partial charge in [0, 0.05) is 47.7 Å². The molecule has 1 fully saturated rings. The lowest BCUT2D eigenvalue weighted by Crippen LogP contribution is -2.38. The molecule has 2 aliphatic rings. The van der Waals surface area contributed by atoms with E-state index in [-0.39, 0.29) is 18.2 Å². The van der Waals surface area contributed by atoms with Crippen LogP contribution in [0.4, 0.5) is 17.3 Å². The maximum Gasteiger partial charge on any atom is 0.253 e. The van der Waals surface area contributed by atoms with Crippen LogP contribution < -0.4 is 10.6 Å². The van der Waals surface area contributed by atoms with Crippen LogP contribution in [0.3, 0.4) is 0 Å². The monoisotopic (exact) mass is 470 g/mol. The number of likely N-dealkylation sites (N-methyl/N-ethyl adjacent to an activating group) is 1. The van der Waals surface area contributed by atoms with Crippen molar-refractivity contribution in [3.8, 4) is 11.3 Å². The highest BCUT2D eigenvalue weighted by Gasteiger charge is 2.29. The molecule has 2 aliphatic heterocycles. The van der Waals surface area contributed by atoms with Crippen LogP contribution in [-0.4, -0.2) is 63.8 Å².